The molecule has 1 atom stereocenters. The number of hydrogen-bond acceptors (Lipinski definition) is 3. The van der Waals surface area contributed by atoms with E-state index < -0.39 is 0 Å². The van der Waals surface area contributed by atoms with Crippen molar-refractivity contribution in [3.8, 4) is 5.75 Å². The Morgan fingerprint density at radius 3 is 2.23 bits per heavy atom. The molecule has 0 bridgehead atoms. The molecule has 1 unspecified atom stereocenters. The number of ether oxygens (including phenoxy) is 1. The number of rotatable bonds is 7. The summed E-state index contributed by atoms with van der Waals surface area (Å²) in [6.45, 7) is 8.87. The van der Waals surface area contributed by atoms with Crippen molar-refractivity contribution in [3.05, 3.63) is 99.5 Å². The zero-order valence-corrected chi connectivity index (χ0v) is 19.3. The van der Waals surface area contributed by atoms with E-state index in [1.165, 1.54) is 22.3 Å². The molecule has 1 aliphatic rings. The van der Waals surface area contributed by atoms with E-state index in [0.29, 0.717) is 6.61 Å². The highest BCUT2D eigenvalue weighted by Gasteiger charge is 2.33. The Labute approximate surface area is 188 Å². The summed E-state index contributed by atoms with van der Waals surface area (Å²) in [6, 6.07) is 26.1. The minimum atomic E-state index is 0.259. The molecule has 0 aliphatic carbocycles. The molecule has 1 fully saturated rings. The number of nitrogens with zero attached hydrogens (tertiary/aromatic N) is 2. The Morgan fingerprint density at radius 1 is 0.867 bits per heavy atom. The van der Waals surface area contributed by atoms with Gasteiger partial charge in [0.15, 0.2) is 0 Å². The van der Waals surface area contributed by atoms with Gasteiger partial charge in [-0.2, -0.15) is 0 Å². The third-order valence-electron chi connectivity index (χ3n) is 5.60. The van der Waals surface area contributed by atoms with Gasteiger partial charge in [-0.15, -0.1) is 0 Å². The lowest BCUT2D eigenvalue weighted by atomic mass is 10.1. The third-order valence-corrected chi connectivity index (χ3v) is 6.09. The zero-order valence-electron chi connectivity index (χ0n) is 17.7. The van der Waals surface area contributed by atoms with Crippen LogP contribution >= 0.6 is 15.9 Å². The van der Waals surface area contributed by atoms with Crippen molar-refractivity contribution in [1.82, 2.24) is 9.80 Å². The van der Waals surface area contributed by atoms with Gasteiger partial charge in [-0.05, 0) is 54.8 Å². The van der Waals surface area contributed by atoms with Crippen molar-refractivity contribution in [2.75, 3.05) is 19.7 Å². The Hall–Kier alpha value is -2.14. The first-order valence-corrected chi connectivity index (χ1v) is 11.4. The average molecular weight is 465 g/mol. The Kier molecular flexibility index (Phi) is 6.88. The highest BCUT2D eigenvalue weighted by atomic mass is 79.9. The smallest absolute Gasteiger partial charge is 0.119 e. The fourth-order valence-corrected chi connectivity index (χ4v) is 4.71. The van der Waals surface area contributed by atoms with Gasteiger partial charge in [-0.3, -0.25) is 9.80 Å². The molecule has 0 amide bonds. The van der Waals surface area contributed by atoms with Crippen molar-refractivity contribution in [2.24, 2.45) is 0 Å². The molecule has 0 spiro atoms. The average Bonchev–Trinajstić information content (AvgIpc) is 3.11. The largest absolute Gasteiger partial charge is 0.494 e. The molecule has 0 saturated carbocycles. The van der Waals surface area contributed by atoms with E-state index in [0.717, 1.165) is 36.4 Å². The summed E-state index contributed by atoms with van der Waals surface area (Å²) in [5, 5.41) is 0. The van der Waals surface area contributed by atoms with E-state index in [9.17, 15) is 0 Å². The van der Waals surface area contributed by atoms with Crippen LogP contribution in [0.1, 0.15) is 35.3 Å². The predicted octanol–water partition coefficient (Wildman–Crippen LogP) is 6.17. The third kappa shape index (κ3) is 5.12. The topological polar surface area (TPSA) is 15.7 Å². The first-order valence-electron chi connectivity index (χ1n) is 10.6. The van der Waals surface area contributed by atoms with Crippen LogP contribution in [-0.2, 0) is 13.1 Å². The van der Waals surface area contributed by atoms with Crippen LogP contribution in [0.5, 0.6) is 5.75 Å². The van der Waals surface area contributed by atoms with Crippen LogP contribution in [0.4, 0.5) is 0 Å². The lowest BCUT2D eigenvalue weighted by Gasteiger charge is -2.31. The minimum Gasteiger partial charge on any atom is -0.494 e. The first kappa shape index (κ1) is 21.1. The van der Waals surface area contributed by atoms with Crippen LogP contribution in [0.3, 0.4) is 0 Å². The Balaban J connectivity index is 1.57. The summed E-state index contributed by atoms with van der Waals surface area (Å²) >= 11 is 3.66. The normalized spacial score (nSPS) is 17.4. The van der Waals surface area contributed by atoms with Crippen LogP contribution in [0.15, 0.2) is 77.3 Å². The minimum absolute atomic E-state index is 0.259. The lowest BCUT2D eigenvalue weighted by molar-refractivity contribution is 0.126. The SMILES string of the molecule is CCOc1ccc(CN2CCN(Cc3cccc(C)c3)C2c2cccc(Br)c2)cc1. The summed E-state index contributed by atoms with van der Waals surface area (Å²) in [4.78, 5) is 5.17. The number of aryl methyl sites for hydroxylation is 1. The molecule has 3 nitrogen and oxygen atoms in total. The van der Waals surface area contributed by atoms with E-state index in [4.69, 9.17) is 4.74 Å². The van der Waals surface area contributed by atoms with Crippen LogP contribution < -0.4 is 4.74 Å². The van der Waals surface area contributed by atoms with Crippen LogP contribution in [0.25, 0.3) is 0 Å². The molecule has 156 valence electrons. The second-order valence-electron chi connectivity index (χ2n) is 7.94. The van der Waals surface area contributed by atoms with E-state index >= 15 is 0 Å². The van der Waals surface area contributed by atoms with E-state index in [1.54, 1.807) is 0 Å². The maximum Gasteiger partial charge on any atom is 0.119 e. The molecule has 1 heterocycles. The number of hydrogen-bond donors (Lipinski definition) is 0. The molecule has 3 aromatic rings. The van der Waals surface area contributed by atoms with Crippen molar-refractivity contribution < 1.29 is 4.74 Å². The van der Waals surface area contributed by atoms with Gasteiger partial charge in [0.25, 0.3) is 0 Å². The fraction of sp³-hybridized carbons (Fsp3) is 0.308. The second kappa shape index (κ2) is 9.78. The van der Waals surface area contributed by atoms with Crippen molar-refractivity contribution in [1.29, 1.82) is 0 Å². The monoisotopic (exact) mass is 464 g/mol. The fourth-order valence-electron chi connectivity index (χ4n) is 4.29. The van der Waals surface area contributed by atoms with E-state index in [-0.39, 0.29) is 6.17 Å². The van der Waals surface area contributed by atoms with Gasteiger partial charge in [0.05, 0.1) is 12.8 Å². The van der Waals surface area contributed by atoms with Gasteiger partial charge < -0.3 is 4.74 Å². The molecule has 1 aliphatic heterocycles. The highest BCUT2D eigenvalue weighted by Crippen LogP contribution is 2.34. The summed E-state index contributed by atoms with van der Waals surface area (Å²) < 4.78 is 6.73. The molecule has 4 rings (SSSR count). The van der Waals surface area contributed by atoms with Gasteiger partial charge in [-0.25, -0.2) is 0 Å². The number of benzene rings is 3. The Bertz CT molecular complexity index is 973. The second-order valence-corrected chi connectivity index (χ2v) is 8.85. The molecule has 0 radical (unpaired) electrons. The molecule has 0 aromatic heterocycles. The van der Waals surface area contributed by atoms with Crippen LogP contribution in [0, 0.1) is 6.92 Å². The predicted molar refractivity (Wildman–Crippen MR) is 126 cm³/mol. The maximum atomic E-state index is 5.60. The number of halogens is 1. The lowest BCUT2D eigenvalue weighted by Crippen LogP contribution is -2.30. The quantitative estimate of drug-likeness (QED) is 0.415. The molecule has 0 N–H and O–H groups in total. The standard InChI is InChI=1S/C26H29BrN2O/c1-3-30-25-12-10-21(11-13-25)18-28-14-15-29(19-22-7-4-6-20(2)16-22)26(28)23-8-5-9-24(27)17-23/h4-13,16-17,26H,3,14-15,18-19H2,1-2H3. The van der Waals surface area contributed by atoms with Gasteiger partial charge in [0, 0.05) is 30.7 Å². The first-order chi connectivity index (χ1) is 14.6. The summed E-state index contributed by atoms with van der Waals surface area (Å²) in [5.74, 6) is 0.937. The molecule has 3 aromatic carbocycles. The van der Waals surface area contributed by atoms with Gasteiger partial charge in [0.1, 0.15) is 5.75 Å². The van der Waals surface area contributed by atoms with Gasteiger partial charge in [0.2, 0.25) is 0 Å². The summed E-state index contributed by atoms with van der Waals surface area (Å²) in [6.07, 6.45) is 0.259. The van der Waals surface area contributed by atoms with Crippen LogP contribution in [0.2, 0.25) is 0 Å². The van der Waals surface area contributed by atoms with E-state index in [1.807, 2.05) is 6.92 Å². The maximum absolute atomic E-state index is 5.60. The molecule has 1 saturated heterocycles. The van der Waals surface area contributed by atoms with Gasteiger partial charge in [-0.1, -0.05) is 70.0 Å². The highest BCUT2D eigenvalue weighted by molar-refractivity contribution is 9.10. The summed E-state index contributed by atoms with van der Waals surface area (Å²) in [7, 11) is 0. The molecule has 30 heavy (non-hydrogen) atoms. The van der Waals surface area contributed by atoms with Gasteiger partial charge >= 0.3 is 0 Å². The molecular formula is C26H29BrN2O. The van der Waals surface area contributed by atoms with Crippen molar-refractivity contribution in [3.63, 3.8) is 0 Å². The molecular weight excluding hydrogens is 436 g/mol. The van der Waals surface area contributed by atoms with Crippen molar-refractivity contribution in [2.45, 2.75) is 33.1 Å². The summed E-state index contributed by atoms with van der Waals surface area (Å²) in [5.41, 5.74) is 5.34. The zero-order chi connectivity index (χ0) is 20.9. The molecule has 4 heteroatoms. The van der Waals surface area contributed by atoms with E-state index in [2.05, 4.69) is 105 Å². The Morgan fingerprint density at radius 2 is 1.57 bits per heavy atom. The van der Waals surface area contributed by atoms with Crippen molar-refractivity contribution >= 4 is 15.9 Å². The van der Waals surface area contributed by atoms with Crippen LogP contribution in [-0.4, -0.2) is 29.5 Å².